The molecule has 0 saturated heterocycles. The lowest BCUT2D eigenvalue weighted by Crippen LogP contribution is -2.16. The van der Waals surface area contributed by atoms with Gasteiger partial charge in [-0.25, -0.2) is 0 Å². The van der Waals surface area contributed by atoms with E-state index >= 15 is 0 Å². The van der Waals surface area contributed by atoms with Crippen molar-refractivity contribution in [1.29, 1.82) is 0 Å². The van der Waals surface area contributed by atoms with Gasteiger partial charge in [0, 0.05) is 25.1 Å². The van der Waals surface area contributed by atoms with Crippen molar-refractivity contribution in [3.63, 3.8) is 0 Å². The molecule has 0 spiro atoms. The lowest BCUT2D eigenvalue weighted by atomic mass is 10.2. The highest BCUT2D eigenvalue weighted by Gasteiger charge is 2.11. The molecule has 0 radical (unpaired) electrons. The second-order valence-corrected chi connectivity index (χ2v) is 7.00. The Hall–Kier alpha value is -1.95. The van der Waals surface area contributed by atoms with Gasteiger partial charge in [-0.05, 0) is 41.6 Å². The zero-order chi connectivity index (χ0) is 18.4. The summed E-state index contributed by atoms with van der Waals surface area (Å²) in [7, 11) is 3.35. The molecule has 0 atom stereocenters. The molecule has 0 heterocycles. The van der Waals surface area contributed by atoms with Gasteiger partial charge in [0.25, 0.3) is 5.24 Å². The van der Waals surface area contributed by atoms with Gasteiger partial charge >= 0.3 is 0 Å². The van der Waals surface area contributed by atoms with Crippen molar-refractivity contribution in [3.8, 4) is 0 Å². The summed E-state index contributed by atoms with van der Waals surface area (Å²) in [5, 5.41) is 3.46. The molecule has 2 aromatic carbocycles. The van der Waals surface area contributed by atoms with E-state index < -0.39 is 0 Å². The van der Waals surface area contributed by atoms with E-state index in [9.17, 15) is 9.59 Å². The third kappa shape index (κ3) is 5.53. The molecule has 130 valence electrons. The van der Waals surface area contributed by atoms with Gasteiger partial charge in [0.1, 0.15) is 0 Å². The topological polar surface area (TPSA) is 49.4 Å². The Morgan fingerprint density at radius 3 is 2.52 bits per heavy atom. The van der Waals surface area contributed by atoms with Gasteiger partial charge in [-0.2, -0.15) is 0 Å². The summed E-state index contributed by atoms with van der Waals surface area (Å²) in [5.74, 6) is -0.332. The lowest BCUT2D eigenvalue weighted by molar-refractivity contribution is -0.111. The molecule has 0 aromatic heterocycles. The molecule has 7 heteroatoms. The predicted molar refractivity (Wildman–Crippen MR) is 106 cm³/mol. The van der Waals surface area contributed by atoms with Crippen molar-refractivity contribution in [2.75, 3.05) is 19.4 Å². The summed E-state index contributed by atoms with van der Waals surface area (Å²) in [5.41, 5.74) is 1.21. The number of carbonyl (C=O) groups excluding carboxylic acids is 2. The van der Waals surface area contributed by atoms with Crippen molar-refractivity contribution in [3.05, 3.63) is 64.1 Å². The van der Waals surface area contributed by atoms with Crippen LogP contribution < -0.4 is 5.32 Å². The summed E-state index contributed by atoms with van der Waals surface area (Å²) >= 11 is 13.1. The molecule has 0 aliphatic carbocycles. The van der Waals surface area contributed by atoms with Crippen LogP contribution in [0.2, 0.25) is 10.0 Å². The molecule has 2 aromatic rings. The molecule has 0 unspecified atom stereocenters. The van der Waals surface area contributed by atoms with Crippen LogP contribution in [0.25, 0.3) is 6.08 Å². The zero-order valence-corrected chi connectivity index (χ0v) is 16.0. The van der Waals surface area contributed by atoms with E-state index in [0.29, 0.717) is 26.2 Å². The smallest absolute Gasteiger partial charge is 0.286 e. The summed E-state index contributed by atoms with van der Waals surface area (Å²) in [4.78, 5) is 26.2. The minimum atomic E-state index is -0.332. The highest BCUT2D eigenvalue weighted by Crippen LogP contribution is 2.29. The van der Waals surface area contributed by atoms with Gasteiger partial charge in [-0.1, -0.05) is 47.5 Å². The van der Waals surface area contributed by atoms with Crippen LogP contribution in [-0.2, 0) is 4.79 Å². The number of benzene rings is 2. The summed E-state index contributed by atoms with van der Waals surface area (Å²) in [6.45, 7) is 0. The van der Waals surface area contributed by atoms with E-state index in [-0.39, 0.29) is 11.1 Å². The zero-order valence-electron chi connectivity index (χ0n) is 13.6. The molecule has 0 aliphatic heterocycles. The standard InChI is InChI=1S/C18H16Cl2N2O2S/c1-22(2)18(24)25-15-9-4-3-8-14(15)21-16(23)11-10-12-6-5-7-13(19)17(12)20/h3-11H,1-2H3,(H,21,23)/b11-10+. The highest BCUT2D eigenvalue weighted by atomic mass is 35.5. The first-order chi connectivity index (χ1) is 11.9. The molecule has 0 aliphatic rings. The van der Waals surface area contributed by atoms with Crippen LogP contribution in [0.5, 0.6) is 0 Å². The summed E-state index contributed by atoms with van der Waals surface area (Å²) < 4.78 is 0. The minimum Gasteiger partial charge on any atom is -0.339 e. The van der Waals surface area contributed by atoms with E-state index in [1.165, 1.54) is 11.0 Å². The average Bonchev–Trinajstić information content (AvgIpc) is 2.58. The molecule has 0 saturated carbocycles. The largest absolute Gasteiger partial charge is 0.339 e. The normalized spacial score (nSPS) is 10.7. The molecule has 25 heavy (non-hydrogen) atoms. The van der Waals surface area contributed by atoms with Crippen LogP contribution in [0.4, 0.5) is 10.5 Å². The number of carbonyl (C=O) groups is 2. The van der Waals surface area contributed by atoms with Gasteiger partial charge in [0.05, 0.1) is 15.7 Å². The van der Waals surface area contributed by atoms with Crippen molar-refractivity contribution in [2.45, 2.75) is 4.90 Å². The van der Waals surface area contributed by atoms with Crippen molar-refractivity contribution in [2.24, 2.45) is 0 Å². The third-order valence-corrected chi connectivity index (χ3v) is 5.05. The summed E-state index contributed by atoms with van der Waals surface area (Å²) in [6, 6.07) is 12.3. The average molecular weight is 395 g/mol. The van der Waals surface area contributed by atoms with Crippen LogP contribution in [0.15, 0.2) is 53.4 Å². The number of hydrogen-bond donors (Lipinski definition) is 1. The Morgan fingerprint density at radius 1 is 1.08 bits per heavy atom. The molecule has 4 nitrogen and oxygen atoms in total. The molecular weight excluding hydrogens is 379 g/mol. The SMILES string of the molecule is CN(C)C(=O)Sc1ccccc1NC(=O)/C=C/c1cccc(Cl)c1Cl. The number of amides is 2. The van der Waals surface area contributed by atoms with Crippen molar-refractivity contribution >= 4 is 57.9 Å². The van der Waals surface area contributed by atoms with Gasteiger partial charge in [0.15, 0.2) is 0 Å². The van der Waals surface area contributed by atoms with Crippen molar-refractivity contribution < 1.29 is 9.59 Å². The van der Waals surface area contributed by atoms with Gasteiger partial charge in [-0.3, -0.25) is 9.59 Å². The maximum absolute atomic E-state index is 12.2. The van der Waals surface area contributed by atoms with E-state index in [2.05, 4.69) is 5.32 Å². The number of anilines is 1. The maximum atomic E-state index is 12.2. The Morgan fingerprint density at radius 2 is 1.80 bits per heavy atom. The Kier molecular flexibility index (Phi) is 6.93. The second kappa shape index (κ2) is 8.94. The first-order valence-electron chi connectivity index (χ1n) is 7.29. The number of nitrogens with one attached hydrogen (secondary N) is 1. The molecular formula is C18H16Cl2N2O2S. The Labute approximate surface area is 160 Å². The van der Waals surface area contributed by atoms with Crippen molar-refractivity contribution in [1.82, 2.24) is 4.90 Å². The van der Waals surface area contributed by atoms with E-state index in [1.54, 1.807) is 56.6 Å². The predicted octanol–water partition coefficient (Wildman–Crippen LogP) is 5.42. The molecule has 2 rings (SSSR count). The number of nitrogens with zero attached hydrogens (tertiary/aromatic N) is 1. The van der Waals surface area contributed by atoms with Crippen LogP contribution in [0, 0.1) is 0 Å². The fourth-order valence-corrected chi connectivity index (χ4v) is 2.95. The molecule has 0 fully saturated rings. The van der Waals surface area contributed by atoms with Gasteiger partial charge in [0.2, 0.25) is 5.91 Å². The maximum Gasteiger partial charge on any atom is 0.286 e. The number of para-hydroxylation sites is 1. The van der Waals surface area contributed by atoms with E-state index in [4.69, 9.17) is 23.2 Å². The van der Waals surface area contributed by atoms with Crippen LogP contribution in [0.1, 0.15) is 5.56 Å². The monoisotopic (exact) mass is 394 g/mol. The number of rotatable bonds is 4. The van der Waals surface area contributed by atoms with E-state index in [1.807, 2.05) is 6.07 Å². The Balaban J connectivity index is 2.12. The molecule has 2 amide bonds. The first-order valence-corrected chi connectivity index (χ1v) is 8.87. The van der Waals surface area contributed by atoms with Gasteiger partial charge in [-0.15, -0.1) is 0 Å². The highest BCUT2D eigenvalue weighted by molar-refractivity contribution is 8.13. The fraction of sp³-hybridized carbons (Fsp3) is 0.111. The van der Waals surface area contributed by atoms with Crippen LogP contribution >= 0.6 is 35.0 Å². The number of hydrogen-bond acceptors (Lipinski definition) is 3. The van der Waals surface area contributed by atoms with Crippen LogP contribution in [0.3, 0.4) is 0 Å². The second-order valence-electron chi connectivity index (χ2n) is 5.22. The first kappa shape index (κ1) is 19.4. The van der Waals surface area contributed by atoms with E-state index in [0.717, 1.165) is 11.8 Å². The number of thioether (sulfide) groups is 1. The fourth-order valence-electron chi connectivity index (χ4n) is 1.83. The summed E-state index contributed by atoms with van der Waals surface area (Å²) in [6.07, 6.45) is 2.96. The van der Waals surface area contributed by atoms with Gasteiger partial charge < -0.3 is 10.2 Å². The Bertz CT molecular complexity index is 822. The molecule has 0 bridgehead atoms. The van der Waals surface area contributed by atoms with Crippen LogP contribution in [-0.4, -0.2) is 30.1 Å². The minimum absolute atomic E-state index is 0.122. The molecule has 1 N–H and O–H groups in total. The number of halogens is 2. The quantitative estimate of drug-likeness (QED) is 0.556. The third-order valence-electron chi connectivity index (χ3n) is 3.10. The lowest BCUT2D eigenvalue weighted by Gasteiger charge is -2.12.